The molecule has 0 saturated carbocycles. The number of benzene rings is 1. The van der Waals surface area contributed by atoms with Gasteiger partial charge in [0, 0.05) is 32.5 Å². The molecule has 1 saturated heterocycles. The number of carbonyl (C=O) groups is 3. The van der Waals surface area contributed by atoms with Gasteiger partial charge < -0.3 is 15.5 Å². The van der Waals surface area contributed by atoms with E-state index in [0.717, 1.165) is 12.8 Å². The second kappa shape index (κ2) is 12.8. The lowest BCUT2D eigenvalue weighted by molar-refractivity contribution is -0.136. The molecule has 0 spiro atoms. The molecule has 1 aromatic rings. The zero-order valence-corrected chi connectivity index (χ0v) is 18.3. The zero-order chi connectivity index (χ0) is 21.8. The Morgan fingerprint density at radius 2 is 1.80 bits per heavy atom. The largest absolute Gasteiger partial charge is 0.356 e. The minimum absolute atomic E-state index is 0.0248. The van der Waals surface area contributed by atoms with Crippen LogP contribution < -0.4 is 10.6 Å². The van der Waals surface area contributed by atoms with Gasteiger partial charge in [0.15, 0.2) is 0 Å². The van der Waals surface area contributed by atoms with Gasteiger partial charge in [0.25, 0.3) is 0 Å². The van der Waals surface area contributed by atoms with Crippen molar-refractivity contribution >= 4 is 17.7 Å². The predicted molar refractivity (Wildman–Crippen MR) is 119 cm³/mol. The number of amides is 3. The summed E-state index contributed by atoms with van der Waals surface area (Å²) in [5.41, 5.74) is 2.36. The zero-order valence-electron chi connectivity index (χ0n) is 18.3. The third kappa shape index (κ3) is 8.80. The average molecular weight is 414 g/mol. The molecule has 3 amide bonds. The highest BCUT2D eigenvalue weighted by Gasteiger charge is 2.19. The lowest BCUT2D eigenvalue weighted by atomic mass is 9.91. The van der Waals surface area contributed by atoms with E-state index in [2.05, 4.69) is 22.8 Å². The molecule has 0 aliphatic carbocycles. The minimum atomic E-state index is -0.126. The van der Waals surface area contributed by atoms with Gasteiger partial charge in [-0.1, -0.05) is 42.0 Å². The molecule has 1 fully saturated rings. The topological polar surface area (TPSA) is 78.5 Å². The second-order valence-electron chi connectivity index (χ2n) is 8.12. The van der Waals surface area contributed by atoms with Crippen LogP contribution in [0.2, 0.25) is 0 Å². The molecule has 0 aromatic heterocycles. The van der Waals surface area contributed by atoms with Gasteiger partial charge in [-0.25, -0.2) is 0 Å². The van der Waals surface area contributed by atoms with Crippen LogP contribution in [0.5, 0.6) is 0 Å². The molecule has 0 radical (unpaired) electrons. The quantitative estimate of drug-likeness (QED) is 0.745. The Hall–Kier alpha value is -2.63. The molecule has 2 rings (SSSR count). The molecule has 6 heteroatoms. The first-order valence-electron chi connectivity index (χ1n) is 10.9. The fourth-order valence-electron chi connectivity index (χ4n) is 3.64. The Morgan fingerprint density at radius 1 is 1.07 bits per heavy atom. The smallest absolute Gasteiger partial charge is 0.239 e. The van der Waals surface area contributed by atoms with Gasteiger partial charge in [0.1, 0.15) is 0 Å². The molecule has 164 valence electrons. The molecule has 1 unspecified atom stereocenters. The Balaban J connectivity index is 2.00. The SMILES string of the molecule is CC(C)=CCCC(=O)N1CCCNC(=O)CCC(c2ccccc2)CCNC(=O)C1. The third-order valence-electron chi connectivity index (χ3n) is 5.33. The van der Waals surface area contributed by atoms with Crippen molar-refractivity contribution in [3.05, 3.63) is 47.5 Å². The number of nitrogens with one attached hydrogen (secondary N) is 2. The Bertz CT molecular complexity index is 726. The first kappa shape index (κ1) is 23.6. The Labute approximate surface area is 180 Å². The van der Waals surface area contributed by atoms with Crippen molar-refractivity contribution in [3.63, 3.8) is 0 Å². The van der Waals surface area contributed by atoms with E-state index in [0.29, 0.717) is 45.3 Å². The van der Waals surface area contributed by atoms with E-state index >= 15 is 0 Å². The molecular formula is C24H35N3O3. The van der Waals surface area contributed by atoms with Gasteiger partial charge in [-0.2, -0.15) is 0 Å². The van der Waals surface area contributed by atoms with Crippen molar-refractivity contribution in [1.29, 1.82) is 0 Å². The summed E-state index contributed by atoms with van der Waals surface area (Å²) in [6.45, 7) is 5.58. The highest BCUT2D eigenvalue weighted by atomic mass is 16.2. The summed E-state index contributed by atoms with van der Waals surface area (Å²) in [7, 11) is 0. The van der Waals surface area contributed by atoms with Crippen LogP contribution in [0, 0.1) is 0 Å². The monoisotopic (exact) mass is 413 g/mol. The van der Waals surface area contributed by atoms with Gasteiger partial charge >= 0.3 is 0 Å². The van der Waals surface area contributed by atoms with E-state index in [1.807, 2.05) is 38.1 Å². The number of hydrogen-bond acceptors (Lipinski definition) is 3. The molecule has 1 heterocycles. The number of allylic oxidation sites excluding steroid dienone is 2. The standard InChI is InChI=1S/C24H35N3O3/c1-19(2)8-6-11-24(30)27-17-7-15-25-22(28)13-12-21(14-16-26-23(29)18-27)20-9-4-3-5-10-20/h3-5,8-10,21H,6-7,11-18H2,1-2H3,(H,25,28)(H,26,29). The van der Waals surface area contributed by atoms with E-state index in [1.54, 1.807) is 4.90 Å². The summed E-state index contributed by atoms with van der Waals surface area (Å²) < 4.78 is 0. The molecule has 1 aliphatic rings. The van der Waals surface area contributed by atoms with Gasteiger partial charge in [-0.15, -0.1) is 0 Å². The van der Waals surface area contributed by atoms with Crippen molar-refractivity contribution < 1.29 is 14.4 Å². The van der Waals surface area contributed by atoms with Crippen LogP contribution in [0.1, 0.15) is 63.9 Å². The number of hydrogen-bond donors (Lipinski definition) is 2. The Kier molecular flexibility index (Phi) is 10.1. The maximum atomic E-state index is 12.6. The lowest BCUT2D eigenvalue weighted by Crippen LogP contribution is -2.42. The van der Waals surface area contributed by atoms with Crippen molar-refractivity contribution in [1.82, 2.24) is 15.5 Å². The van der Waals surface area contributed by atoms with Crippen molar-refractivity contribution in [2.45, 2.75) is 58.3 Å². The van der Waals surface area contributed by atoms with E-state index < -0.39 is 0 Å². The van der Waals surface area contributed by atoms with E-state index in [4.69, 9.17) is 0 Å². The van der Waals surface area contributed by atoms with Crippen molar-refractivity contribution in [3.8, 4) is 0 Å². The molecule has 30 heavy (non-hydrogen) atoms. The predicted octanol–water partition coefficient (Wildman–Crippen LogP) is 3.15. The highest BCUT2D eigenvalue weighted by molar-refractivity contribution is 5.84. The highest BCUT2D eigenvalue weighted by Crippen LogP contribution is 2.24. The molecular weight excluding hydrogens is 378 g/mol. The summed E-state index contributed by atoms with van der Waals surface area (Å²) in [5.74, 6) is 0.0992. The maximum Gasteiger partial charge on any atom is 0.239 e. The van der Waals surface area contributed by atoms with E-state index in [-0.39, 0.29) is 30.2 Å². The van der Waals surface area contributed by atoms with Crippen molar-refractivity contribution in [2.24, 2.45) is 0 Å². The average Bonchev–Trinajstić information content (AvgIpc) is 2.72. The van der Waals surface area contributed by atoms with Crippen LogP contribution >= 0.6 is 0 Å². The van der Waals surface area contributed by atoms with Gasteiger partial charge in [-0.05, 0) is 51.0 Å². The van der Waals surface area contributed by atoms with Gasteiger partial charge in [0.05, 0.1) is 6.54 Å². The van der Waals surface area contributed by atoms with E-state index in [9.17, 15) is 14.4 Å². The van der Waals surface area contributed by atoms with Crippen LogP contribution in [0.4, 0.5) is 0 Å². The van der Waals surface area contributed by atoms with Crippen LogP contribution in [0.25, 0.3) is 0 Å². The summed E-state index contributed by atoms with van der Waals surface area (Å²) >= 11 is 0. The molecule has 1 aromatic carbocycles. The maximum absolute atomic E-state index is 12.6. The third-order valence-corrected chi connectivity index (χ3v) is 5.33. The van der Waals surface area contributed by atoms with Crippen LogP contribution in [-0.2, 0) is 14.4 Å². The first-order valence-corrected chi connectivity index (χ1v) is 10.9. The molecule has 0 bridgehead atoms. The first-order chi connectivity index (χ1) is 14.5. The van der Waals surface area contributed by atoms with Crippen LogP contribution in [0.15, 0.2) is 42.0 Å². The number of carbonyl (C=O) groups excluding carboxylic acids is 3. The minimum Gasteiger partial charge on any atom is -0.356 e. The fourth-order valence-corrected chi connectivity index (χ4v) is 3.64. The lowest BCUT2D eigenvalue weighted by Gasteiger charge is -2.24. The number of nitrogens with zero attached hydrogens (tertiary/aromatic N) is 1. The van der Waals surface area contributed by atoms with Crippen LogP contribution in [0.3, 0.4) is 0 Å². The molecule has 1 atom stereocenters. The van der Waals surface area contributed by atoms with Gasteiger partial charge in [-0.3, -0.25) is 14.4 Å². The van der Waals surface area contributed by atoms with E-state index in [1.165, 1.54) is 11.1 Å². The summed E-state index contributed by atoms with van der Waals surface area (Å²) in [6.07, 6.45) is 5.70. The van der Waals surface area contributed by atoms with Crippen molar-refractivity contribution in [2.75, 3.05) is 26.2 Å². The molecule has 1 aliphatic heterocycles. The second-order valence-corrected chi connectivity index (χ2v) is 8.12. The molecule has 6 nitrogen and oxygen atoms in total. The Morgan fingerprint density at radius 3 is 2.53 bits per heavy atom. The van der Waals surface area contributed by atoms with Gasteiger partial charge in [0.2, 0.25) is 17.7 Å². The molecule has 2 N–H and O–H groups in total. The summed E-state index contributed by atoms with van der Waals surface area (Å²) in [6, 6.07) is 10.1. The summed E-state index contributed by atoms with van der Waals surface area (Å²) in [4.78, 5) is 38.9. The summed E-state index contributed by atoms with van der Waals surface area (Å²) in [5, 5.41) is 5.91. The normalized spacial score (nSPS) is 19.3. The fraction of sp³-hybridized carbons (Fsp3) is 0.542. The van der Waals surface area contributed by atoms with Crippen LogP contribution in [-0.4, -0.2) is 48.8 Å². The number of rotatable bonds is 4.